The van der Waals surface area contributed by atoms with Crippen LogP contribution in [0.15, 0.2) is 364 Å². The van der Waals surface area contributed by atoms with E-state index < -0.39 is 5.41 Å². The molecule has 0 spiro atoms. The Hall–Kier alpha value is -12.1. The Kier molecular flexibility index (Phi) is 12.8. The summed E-state index contributed by atoms with van der Waals surface area (Å²) in [5.74, 6) is 0. The fourth-order valence-electron chi connectivity index (χ4n) is 15.2. The zero-order valence-corrected chi connectivity index (χ0v) is 51.0. The van der Waals surface area contributed by atoms with Crippen LogP contribution in [0.5, 0.6) is 0 Å². The van der Waals surface area contributed by atoms with Gasteiger partial charge in [0.15, 0.2) is 0 Å². The van der Waals surface area contributed by atoms with E-state index in [1.807, 2.05) is 0 Å². The molecule has 18 rings (SSSR count). The third kappa shape index (κ3) is 9.02. The molecular formula is C91H60N2. The van der Waals surface area contributed by atoms with Crippen LogP contribution >= 0.6 is 0 Å². The van der Waals surface area contributed by atoms with Crippen molar-refractivity contribution < 1.29 is 0 Å². The molecule has 0 unspecified atom stereocenters. The molecule has 15 aromatic carbocycles. The SMILES string of the molecule is c1ccc(-c2cccc(-c3ccc(C4(c5cccc(-c6ccc(-c7ccc(-c8ccc(-n9c%10ccccc%10c%10cc(-c%11ccc%12c(c%11)c%11ccccc%11n%12-c%11cccc(-c%12ccccc%12)c%11)ccc%109)cc8)cc7)cc6)c5)c5ccccc5-c5ccccc54)cc3)c2)cc1. The number of hydrogen-bond acceptors (Lipinski definition) is 0. The van der Waals surface area contributed by atoms with Gasteiger partial charge in [-0.05, 0) is 184 Å². The van der Waals surface area contributed by atoms with Crippen LogP contribution in [-0.2, 0) is 5.41 Å². The molecule has 0 saturated carbocycles. The van der Waals surface area contributed by atoms with Crippen molar-refractivity contribution in [3.8, 4) is 100 Å². The number of benzene rings is 15. The van der Waals surface area contributed by atoms with E-state index >= 15 is 0 Å². The highest BCUT2D eigenvalue weighted by atomic mass is 15.0. The Bertz CT molecular complexity index is 5650. The smallest absolute Gasteiger partial charge is 0.0713 e. The minimum Gasteiger partial charge on any atom is -0.309 e. The molecule has 2 heteroatoms. The number of hydrogen-bond donors (Lipinski definition) is 0. The van der Waals surface area contributed by atoms with E-state index in [4.69, 9.17) is 0 Å². The van der Waals surface area contributed by atoms with Crippen LogP contribution in [0.2, 0.25) is 0 Å². The number of fused-ring (bicyclic) bond motifs is 9. The molecule has 434 valence electrons. The summed E-state index contributed by atoms with van der Waals surface area (Å²) in [5.41, 5.74) is 31.0. The summed E-state index contributed by atoms with van der Waals surface area (Å²) in [4.78, 5) is 0. The lowest BCUT2D eigenvalue weighted by atomic mass is 9.67. The highest BCUT2D eigenvalue weighted by Gasteiger charge is 2.46. The van der Waals surface area contributed by atoms with Gasteiger partial charge in [-0.15, -0.1) is 0 Å². The van der Waals surface area contributed by atoms with Crippen molar-refractivity contribution in [2.75, 3.05) is 0 Å². The summed E-state index contributed by atoms with van der Waals surface area (Å²) in [6, 6.07) is 134. The van der Waals surface area contributed by atoms with Gasteiger partial charge in [0, 0.05) is 32.9 Å². The van der Waals surface area contributed by atoms with E-state index in [0.717, 1.165) is 11.4 Å². The molecule has 17 aromatic rings. The van der Waals surface area contributed by atoms with Crippen LogP contribution < -0.4 is 0 Å². The third-order valence-corrected chi connectivity index (χ3v) is 19.7. The van der Waals surface area contributed by atoms with E-state index in [2.05, 4.69) is 373 Å². The van der Waals surface area contributed by atoms with Gasteiger partial charge in [-0.2, -0.15) is 0 Å². The van der Waals surface area contributed by atoms with Gasteiger partial charge in [0.25, 0.3) is 0 Å². The topological polar surface area (TPSA) is 9.86 Å². The standard InChI is InChI=1S/C91H60N2/c1-3-18-61(19-4-1)69-22-15-23-70(56-69)68-44-50-75(51-45-68)91(85-32-11-7-28-79(85)80-29-8-12-33-86(80)91)76-26-16-24-71(57-76)67-42-40-64(41-43-67)63-36-38-65(39-37-63)66-46-52-77(53-47-66)92-87-34-13-9-30-81(87)83-59-73(48-54-89(83)92)74-49-55-90-84(60-74)82-31-10-14-35-88(82)93(90)78-27-17-25-72(58-78)62-20-5-2-6-21-62/h1-60H. The summed E-state index contributed by atoms with van der Waals surface area (Å²) in [7, 11) is 0. The molecule has 0 aliphatic heterocycles. The predicted octanol–water partition coefficient (Wildman–Crippen LogP) is 23.9. The van der Waals surface area contributed by atoms with Crippen molar-refractivity contribution in [3.63, 3.8) is 0 Å². The van der Waals surface area contributed by atoms with Crippen LogP contribution in [0.1, 0.15) is 22.3 Å². The second-order valence-electron chi connectivity index (χ2n) is 24.7. The predicted molar refractivity (Wildman–Crippen MR) is 390 cm³/mol. The zero-order valence-electron chi connectivity index (χ0n) is 51.0. The molecule has 0 saturated heterocycles. The van der Waals surface area contributed by atoms with E-state index in [0.29, 0.717) is 0 Å². The first-order chi connectivity index (χ1) is 46.1. The Morgan fingerprint density at radius 2 is 0.505 bits per heavy atom. The van der Waals surface area contributed by atoms with Crippen molar-refractivity contribution in [2.24, 2.45) is 0 Å². The minimum absolute atomic E-state index is 0.520. The van der Waals surface area contributed by atoms with Gasteiger partial charge < -0.3 is 9.13 Å². The van der Waals surface area contributed by atoms with E-state index in [1.54, 1.807) is 0 Å². The normalized spacial score (nSPS) is 12.4. The van der Waals surface area contributed by atoms with Crippen molar-refractivity contribution in [3.05, 3.63) is 386 Å². The molecule has 0 atom stereocenters. The maximum Gasteiger partial charge on any atom is 0.0713 e. The van der Waals surface area contributed by atoms with Crippen LogP contribution in [0, 0.1) is 0 Å². The molecule has 2 nitrogen and oxygen atoms in total. The Morgan fingerprint density at radius 3 is 1.02 bits per heavy atom. The number of para-hydroxylation sites is 2. The lowest BCUT2D eigenvalue weighted by molar-refractivity contribution is 0.769. The molecule has 0 radical (unpaired) electrons. The maximum atomic E-state index is 2.43. The number of aromatic nitrogens is 2. The molecular weight excluding hydrogens is 1120 g/mol. The summed E-state index contributed by atoms with van der Waals surface area (Å²) in [6.07, 6.45) is 0. The summed E-state index contributed by atoms with van der Waals surface area (Å²) in [5, 5.41) is 4.96. The van der Waals surface area contributed by atoms with Crippen molar-refractivity contribution in [1.82, 2.24) is 9.13 Å². The van der Waals surface area contributed by atoms with Gasteiger partial charge in [0.05, 0.1) is 27.5 Å². The summed E-state index contributed by atoms with van der Waals surface area (Å²) < 4.78 is 4.83. The fraction of sp³-hybridized carbons (Fsp3) is 0.0110. The largest absolute Gasteiger partial charge is 0.309 e. The second kappa shape index (κ2) is 22.1. The van der Waals surface area contributed by atoms with E-state index in [1.165, 1.54) is 155 Å². The van der Waals surface area contributed by atoms with Gasteiger partial charge >= 0.3 is 0 Å². The summed E-state index contributed by atoms with van der Waals surface area (Å²) >= 11 is 0. The third-order valence-electron chi connectivity index (χ3n) is 19.7. The van der Waals surface area contributed by atoms with Crippen LogP contribution in [-0.4, -0.2) is 9.13 Å². The summed E-state index contributed by atoms with van der Waals surface area (Å²) in [6.45, 7) is 0. The Labute approximate surface area is 541 Å². The van der Waals surface area contributed by atoms with Crippen molar-refractivity contribution >= 4 is 43.6 Å². The van der Waals surface area contributed by atoms with Gasteiger partial charge in [-0.3, -0.25) is 0 Å². The Balaban J connectivity index is 0.619. The molecule has 0 amide bonds. The van der Waals surface area contributed by atoms with Gasteiger partial charge in [0.1, 0.15) is 0 Å². The first-order valence-corrected chi connectivity index (χ1v) is 32.2. The maximum absolute atomic E-state index is 2.43. The molecule has 0 N–H and O–H groups in total. The number of nitrogens with zero attached hydrogens (tertiary/aromatic N) is 2. The molecule has 2 aromatic heterocycles. The average Bonchev–Trinajstić information content (AvgIpc) is 1.57. The highest BCUT2D eigenvalue weighted by Crippen LogP contribution is 2.57. The Morgan fingerprint density at radius 1 is 0.172 bits per heavy atom. The first kappa shape index (κ1) is 53.9. The lowest BCUT2D eigenvalue weighted by Crippen LogP contribution is -2.28. The van der Waals surface area contributed by atoms with E-state index in [-0.39, 0.29) is 0 Å². The van der Waals surface area contributed by atoms with Crippen LogP contribution in [0.25, 0.3) is 144 Å². The monoisotopic (exact) mass is 1180 g/mol. The van der Waals surface area contributed by atoms with Gasteiger partial charge in [-0.1, -0.05) is 291 Å². The highest BCUT2D eigenvalue weighted by molar-refractivity contribution is 6.13. The lowest BCUT2D eigenvalue weighted by Gasteiger charge is -2.34. The number of rotatable bonds is 11. The van der Waals surface area contributed by atoms with E-state index in [9.17, 15) is 0 Å². The quantitative estimate of drug-likeness (QED) is 0.122. The van der Waals surface area contributed by atoms with Crippen LogP contribution in [0.4, 0.5) is 0 Å². The zero-order chi connectivity index (χ0) is 61.4. The average molecular weight is 1180 g/mol. The van der Waals surface area contributed by atoms with Crippen LogP contribution in [0.3, 0.4) is 0 Å². The van der Waals surface area contributed by atoms with Crippen molar-refractivity contribution in [2.45, 2.75) is 5.41 Å². The molecule has 0 fully saturated rings. The molecule has 1 aliphatic carbocycles. The second-order valence-corrected chi connectivity index (χ2v) is 24.7. The molecule has 93 heavy (non-hydrogen) atoms. The molecule has 2 heterocycles. The van der Waals surface area contributed by atoms with Gasteiger partial charge in [-0.25, -0.2) is 0 Å². The van der Waals surface area contributed by atoms with Crippen molar-refractivity contribution in [1.29, 1.82) is 0 Å². The first-order valence-electron chi connectivity index (χ1n) is 32.2. The minimum atomic E-state index is -0.520. The molecule has 0 bridgehead atoms. The fourth-order valence-corrected chi connectivity index (χ4v) is 15.2. The van der Waals surface area contributed by atoms with Gasteiger partial charge in [0.2, 0.25) is 0 Å². The molecule has 1 aliphatic rings.